The molecule has 0 amide bonds. The standard InChI is InChI=1S/C22H31BrO4S/c1-15-20(23)14-18(28-15)12-11-17(24)10-8-16-9-13-21(25)19(16)6-4-2-3-5-7-22(26)27/h2,4,8,10,14,16-17,19,21,24-25H,3,5-7,9,11-13H2,1H3,(H,26,27)/b4-2+,10-8+. The van der Waals surface area contributed by atoms with Crippen LogP contribution in [0.15, 0.2) is 34.8 Å². The van der Waals surface area contributed by atoms with Crippen LogP contribution in [0, 0.1) is 18.8 Å². The summed E-state index contributed by atoms with van der Waals surface area (Å²) in [7, 11) is 0. The highest BCUT2D eigenvalue weighted by Gasteiger charge is 2.32. The van der Waals surface area contributed by atoms with Crippen molar-refractivity contribution in [2.75, 3.05) is 0 Å². The monoisotopic (exact) mass is 470 g/mol. The van der Waals surface area contributed by atoms with Crippen molar-refractivity contribution in [3.63, 3.8) is 0 Å². The second kappa shape index (κ2) is 11.9. The number of carboxylic acid groups (broad SMARTS) is 1. The minimum Gasteiger partial charge on any atom is -0.481 e. The number of rotatable bonds is 11. The first-order valence-corrected chi connectivity index (χ1v) is 11.6. The molecular formula is C22H31BrO4S. The van der Waals surface area contributed by atoms with E-state index in [0.717, 1.165) is 36.6 Å². The van der Waals surface area contributed by atoms with E-state index in [9.17, 15) is 15.0 Å². The third-order valence-electron chi connectivity index (χ3n) is 5.35. The van der Waals surface area contributed by atoms with Crippen LogP contribution in [0.2, 0.25) is 0 Å². The van der Waals surface area contributed by atoms with Crippen molar-refractivity contribution >= 4 is 33.2 Å². The first kappa shape index (κ1) is 23.3. The molecule has 1 aliphatic rings. The molecule has 0 bridgehead atoms. The topological polar surface area (TPSA) is 77.8 Å². The largest absolute Gasteiger partial charge is 0.481 e. The van der Waals surface area contributed by atoms with E-state index in [1.54, 1.807) is 11.3 Å². The molecule has 2 rings (SSSR count). The Morgan fingerprint density at radius 3 is 2.86 bits per heavy atom. The maximum absolute atomic E-state index is 10.5. The van der Waals surface area contributed by atoms with Crippen LogP contribution in [0.3, 0.4) is 0 Å². The Bertz CT molecular complexity index is 663. The molecule has 0 saturated heterocycles. The fourth-order valence-electron chi connectivity index (χ4n) is 3.69. The van der Waals surface area contributed by atoms with Gasteiger partial charge in [0.15, 0.2) is 0 Å². The fourth-order valence-corrected chi connectivity index (χ4v) is 5.31. The van der Waals surface area contributed by atoms with E-state index in [1.807, 2.05) is 12.2 Å². The molecule has 1 heterocycles. The average molecular weight is 471 g/mol. The molecule has 1 aliphatic carbocycles. The number of hydrogen-bond acceptors (Lipinski definition) is 4. The van der Waals surface area contributed by atoms with Gasteiger partial charge in [-0.25, -0.2) is 0 Å². The maximum atomic E-state index is 10.5. The zero-order chi connectivity index (χ0) is 20.5. The Morgan fingerprint density at radius 2 is 2.18 bits per heavy atom. The first-order valence-electron chi connectivity index (χ1n) is 10.0. The summed E-state index contributed by atoms with van der Waals surface area (Å²) in [5, 5.41) is 29.2. The minimum atomic E-state index is -0.759. The summed E-state index contributed by atoms with van der Waals surface area (Å²) < 4.78 is 1.14. The highest BCUT2D eigenvalue weighted by Crippen LogP contribution is 2.36. The number of aryl methyl sites for hydroxylation is 2. The smallest absolute Gasteiger partial charge is 0.303 e. The van der Waals surface area contributed by atoms with Crippen molar-refractivity contribution in [1.82, 2.24) is 0 Å². The molecule has 0 radical (unpaired) electrons. The zero-order valence-electron chi connectivity index (χ0n) is 16.4. The van der Waals surface area contributed by atoms with E-state index < -0.39 is 12.1 Å². The number of hydrogen-bond donors (Lipinski definition) is 3. The summed E-state index contributed by atoms with van der Waals surface area (Å²) in [5.41, 5.74) is 0. The summed E-state index contributed by atoms with van der Waals surface area (Å²) in [6.07, 6.45) is 13.0. The lowest BCUT2D eigenvalue weighted by atomic mass is 9.90. The SMILES string of the molecule is Cc1sc(CCC(O)/C=C/C2CCC(O)C2C/C=C/CCCC(=O)O)cc1Br. The lowest BCUT2D eigenvalue weighted by molar-refractivity contribution is -0.137. The van der Waals surface area contributed by atoms with Crippen LogP contribution >= 0.6 is 27.3 Å². The number of thiophene rings is 1. The number of aliphatic hydroxyl groups excluding tert-OH is 2. The number of aliphatic hydroxyl groups is 2. The van der Waals surface area contributed by atoms with E-state index in [1.165, 1.54) is 9.75 Å². The molecule has 4 unspecified atom stereocenters. The van der Waals surface area contributed by atoms with Crippen LogP contribution in [-0.4, -0.2) is 33.5 Å². The van der Waals surface area contributed by atoms with Gasteiger partial charge >= 0.3 is 5.97 Å². The third-order valence-corrected chi connectivity index (χ3v) is 7.55. The highest BCUT2D eigenvalue weighted by molar-refractivity contribution is 9.10. The average Bonchev–Trinajstić information content (AvgIpc) is 3.16. The normalized spacial score (nSPS) is 23.8. The summed E-state index contributed by atoms with van der Waals surface area (Å²) in [5.74, 6) is -0.299. The van der Waals surface area contributed by atoms with Gasteiger partial charge in [0.1, 0.15) is 0 Å². The third kappa shape index (κ3) is 7.82. The molecule has 4 nitrogen and oxygen atoms in total. The quantitative estimate of drug-likeness (QED) is 0.304. The Balaban J connectivity index is 1.76. The molecule has 28 heavy (non-hydrogen) atoms. The van der Waals surface area contributed by atoms with E-state index in [0.29, 0.717) is 12.8 Å². The Morgan fingerprint density at radius 1 is 1.39 bits per heavy atom. The van der Waals surface area contributed by atoms with Crippen molar-refractivity contribution in [1.29, 1.82) is 0 Å². The number of unbranched alkanes of at least 4 members (excludes halogenated alkanes) is 1. The van der Waals surface area contributed by atoms with Crippen molar-refractivity contribution < 1.29 is 20.1 Å². The molecule has 1 fully saturated rings. The summed E-state index contributed by atoms with van der Waals surface area (Å²) in [4.78, 5) is 13.1. The van der Waals surface area contributed by atoms with E-state index in [-0.39, 0.29) is 24.4 Å². The predicted molar refractivity (Wildman–Crippen MR) is 118 cm³/mol. The van der Waals surface area contributed by atoms with Crippen molar-refractivity contribution in [2.24, 2.45) is 11.8 Å². The number of carbonyl (C=O) groups is 1. The zero-order valence-corrected chi connectivity index (χ0v) is 18.8. The van der Waals surface area contributed by atoms with Crippen molar-refractivity contribution in [3.8, 4) is 0 Å². The number of carboxylic acids is 1. The van der Waals surface area contributed by atoms with Gasteiger partial charge in [0.05, 0.1) is 12.2 Å². The highest BCUT2D eigenvalue weighted by atomic mass is 79.9. The Kier molecular flexibility index (Phi) is 9.92. The van der Waals surface area contributed by atoms with Gasteiger partial charge in [0.25, 0.3) is 0 Å². The van der Waals surface area contributed by atoms with Crippen LogP contribution in [-0.2, 0) is 11.2 Å². The van der Waals surface area contributed by atoms with Crippen LogP contribution < -0.4 is 0 Å². The molecule has 6 heteroatoms. The molecule has 4 atom stereocenters. The van der Waals surface area contributed by atoms with Gasteiger partial charge < -0.3 is 15.3 Å². The van der Waals surface area contributed by atoms with E-state index >= 15 is 0 Å². The van der Waals surface area contributed by atoms with Crippen LogP contribution in [0.1, 0.15) is 54.7 Å². The molecule has 0 aromatic carbocycles. The van der Waals surface area contributed by atoms with Crippen LogP contribution in [0.5, 0.6) is 0 Å². The summed E-state index contributed by atoms with van der Waals surface area (Å²) in [6.45, 7) is 2.08. The van der Waals surface area contributed by atoms with Gasteiger partial charge in [-0.15, -0.1) is 11.3 Å². The molecule has 156 valence electrons. The molecule has 1 aromatic rings. The number of halogens is 1. The maximum Gasteiger partial charge on any atom is 0.303 e. The predicted octanol–water partition coefficient (Wildman–Crippen LogP) is 5.26. The molecule has 0 aliphatic heterocycles. The Labute approximate surface area is 180 Å². The van der Waals surface area contributed by atoms with Crippen molar-refractivity contribution in [2.45, 2.75) is 70.5 Å². The van der Waals surface area contributed by atoms with Gasteiger partial charge in [0, 0.05) is 20.6 Å². The summed E-state index contributed by atoms with van der Waals surface area (Å²) in [6, 6.07) is 2.13. The second-order valence-electron chi connectivity index (χ2n) is 7.57. The van der Waals surface area contributed by atoms with Gasteiger partial charge in [-0.1, -0.05) is 24.3 Å². The van der Waals surface area contributed by atoms with Crippen LogP contribution in [0.4, 0.5) is 0 Å². The number of allylic oxidation sites excluding steroid dienone is 3. The minimum absolute atomic E-state index is 0.176. The lowest BCUT2D eigenvalue weighted by Gasteiger charge is -2.18. The molecule has 1 aromatic heterocycles. The molecule has 0 spiro atoms. The first-order chi connectivity index (χ1) is 13.4. The van der Waals surface area contributed by atoms with Crippen LogP contribution in [0.25, 0.3) is 0 Å². The van der Waals surface area contributed by atoms with E-state index in [2.05, 4.69) is 41.1 Å². The van der Waals surface area contributed by atoms with Gasteiger partial charge in [-0.2, -0.15) is 0 Å². The molecule has 1 saturated carbocycles. The van der Waals surface area contributed by atoms with Crippen molar-refractivity contribution in [3.05, 3.63) is 44.6 Å². The molecule has 3 N–H and O–H groups in total. The lowest BCUT2D eigenvalue weighted by Crippen LogP contribution is -2.17. The fraction of sp³-hybridized carbons (Fsp3) is 0.591. The Hall–Kier alpha value is -0.950. The molecular weight excluding hydrogens is 440 g/mol. The van der Waals surface area contributed by atoms with Gasteiger partial charge in [-0.3, -0.25) is 4.79 Å². The van der Waals surface area contributed by atoms with Gasteiger partial charge in [-0.05, 0) is 85.7 Å². The number of aliphatic carboxylic acids is 1. The second-order valence-corrected chi connectivity index (χ2v) is 9.77. The summed E-state index contributed by atoms with van der Waals surface area (Å²) >= 11 is 5.29. The van der Waals surface area contributed by atoms with E-state index in [4.69, 9.17) is 5.11 Å². The van der Waals surface area contributed by atoms with Gasteiger partial charge in [0.2, 0.25) is 0 Å².